The van der Waals surface area contributed by atoms with Crippen LogP contribution in [-0.4, -0.2) is 75.2 Å². The second-order valence-electron chi connectivity index (χ2n) is 10.9. The van der Waals surface area contributed by atoms with Gasteiger partial charge in [0.05, 0.1) is 17.8 Å². The van der Waals surface area contributed by atoms with Crippen LogP contribution < -0.4 is 4.74 Å². The van der Waals surface area contributed by atoms with E-state index in [4.69, 9.17) is 18.9 Å². The number of Topliss-reactive ketones (excluding diaryl/α,β-unsaturated/α-hetero) is 1. The van der Waals surface area contributed by atoms with Crippen molar-refractivity contribution in [1.29, 1.82) is 0 Å². The average molecular weight is 619 g/mol. The van der Waals surface area contributed by atoms with Crippen LogP contribution in [0.1, 0.15) is 51.9 Å². The van der Waals surface area contributed by atoms with Crippen molar-refractivity contribution in [1.82, 2.24) is 19.7 Å². The highest BCUT2D eigenvalue weighted by molar-refractivity contribution is 6.09. The highest BCUT2D eigenvalue weighted by Gasteiger charge is 2.44. The largest absolute Gasteiger partial charge is 0.490 e. The zero-order chi connectivity index (χ0) is 32.7. The molecular weight excluding hydrogens is 580 g/mol. The Bertz CT molecular complexity index is 1630. The number of piperidine rings is 1. The van der Waals surface area contributed by atoms with Crippen LogP contribution in [0.2, 0.25) is 0 Å². The molecule has 2 aromatic heterocycles. The molecule has 0 N–H and O–H groups in total. The van der Waals surface area contributed by atoms with Crippen LogP contribution in [0, 0.1) is 5.92 Å². The molecule has 0 aliphatic carbocycles. The van der Waals surface area contributed by atoms with Gasteiger partial charge in [0, 0.05) is 68.3 Å². The molecule has 3 heterocycles. The molecule has 12 heteroatoms. The van der Waals surface area contributed by atoms with Crippen LogP contribution in [0.15, 0.2) is 66.2 Å². The number of hydrogen-bond acceptors (Lipinski definition) is 10. The predicted octanol–water partition coefficient (Wildman–Crippen LogP) is 4.63. The van der Waals surface area contributed by atoms with E-state index in [1.54, 1.807) is 56.6 Å². The summed E-state index contributed by atoms with van der Waals surface area (Å²) in [5.41, 5.74) is 2.14. The van der Waals surface area contributed by atoms with Gasteiger partial charge in [-0.25, -0.2) is 0 Å². The molecule has 12 nitrogen and oxygen atoms in total. The average Bonchev–Trinajstić information content (AvgIpc) is 3.36. The lowest BCUT2D eigenvalue weighted by atomic mass is 9.92. The fraction of sp³-hybridized carbons (Fsp3) is 0.394. The number of esters is 2. The van der Waals surface area contributed by atoms with Gasteiger partial charge < -0.3 is 28.4 Å². The molecule has 1 saturated heterocycles. The fourth-order valence-corrected chi connectivity index (χ4v) is 5.11. The molecule has 238 valence electrons. The van der Waals surface area contributed by atoms with E-state index in [-0.39, 0.29) is 37.9 Å². The van der Waals surface area contributed by atoms with Crippen molar-refractivity contribution in [3.8, 4) is 11.6 Å². The Morgan fingerprint density at radius 1 is 1.04 bits per heavy atom. The van der Waals surface area contributed by atoms with Crippen molar-refractivity contribution in [3.05, 3.63) is 71.8 Å². The van der Waals surface area contributed by atoms with Gasteiger partial charge >= 0.3 is 11.9 Å². The summed E-state index contributed by atoms with van der Waals surface area (Å²) in [6.07, 6.45) is 5.32. The van der Waals surface area contributed by atoms with Crippen LogP contribution >= 0.6 is 0 Å². The van der Waals surface area contributed by atoms with Gasteiger partial charge in [-0.15, -0.1) is 5.10 Å². The van der Waals surface area contributed by atoms with Gasteiger partial charge in [0.2, 0.25) is 11.7 Å². The van der Waals surface area contributed by atoms with E-state index >= 15 is 0 Å². The van der Waals surface area contributed by atoms with Crippen molar-refractivity contribution < 1.29 is 38.1 Å². The van der Waals surface area contributed by atoms with Crippen LogP contribution in [0.5, 0.6) is 11.6 Å². The first-order chi connectivity index (χ1) is 21.5. The number of allylic oxidation sites excluding steroid dienone is 4. The number of rotatable bonds is 12. The zero-order valence-electron chi connectivity index (χ0n) is 26.3. The molecule has 3 aromatic rings. The number of carbonyl (C=O) groups excluding carboxylic acids is 4. The summed E-state index contributed by atoms with van der Waals surface area (Å²) in [6, 6.07) is 8.69. The van der Waals surface area contributed by atoms with Crippen molar-refractivity contribution in [2.75, 3.05) is 19.7 Å². The number of benzene rings is 1. The number of aromatic nitrogens is 3. The number of ether oxygens (including phenoxy) is 4. The monoisotopic (exact) mass is 618 g/mol. The zero-order valence-corrected chi connectivity index (χ0v) is 26.3. The number of amides is 1. The summed E-state index contributed by atoms with van der Waals surface area (Å²) in [4.78, 5) is 51.9. The van der Waals surface area contributed by atoms with E-state index in [9.17, 15) is 19.2 Å². The van der Waals surface area contributed by atoms with Gasteiger partial charge in [0.15, 0.2) is 12.7 Å². The van der Waals surface area contributed by atoms with Crippen LogP contribution in [0.25, 0.3) is 10.9 Å². The molecule has 1 amide bonds. The Kier molecular flexibility index (Phi) is 10.7. The maximum absolute atomic E-state index is 13.4. The summed E-state index contributed by atoms with van der Waals surface area (Å²) in [6.45, 7) is 10.3. The van der Waals surface area contributed by atoms with Gasteiger partial charge in [-0.05, 0) is 45.0 Å². The lowest BCUT2D eigenvalue weighted by Gasteiger charge is -2.40. The number of nitrogens with zero attached hydrogens (tertiary/aromatic N) is 4. The Morgan fingerprint density at radius 3 is 2.47 bits per heavy atom. The van der Waals surface area contributed by atoms with Crippen LogP contribution in [0.3, 0.4) is 0 Å². The molecule has 0 radical (unpaired) electrons. The van der Waals surface area contributed by atoms with Crippen molar-refractivity contribution in [3.63, 3.8) is 0 Å². The number of carbonyl (C=O) groups is 4. The molecule has 45 heavy (non-hydrogen) atoms. The summed E-state index contributed by atoms with van der Waals surface area (Å²) in [7, 11) is 0. The topological polar surface area (TPSA) is 139 Å². The quantitative estimate of drug-likeness (QED) is 0.122. The molecule has 4 rings (SSSR count). The van der Waals surface area contributed by atoms with Gasteiger partial charge in [0.1, 0.15) is 11.9 Å². The third-order valence-electron chi connectivity index (χ3n) is 7.48. The Hall–Kier alpha value is -5.00. The predicted molar refractivity (Wildman–Crippen MR) is 164 cm³/mol. The van der Waals surface area contributed by atoms with Gasteiger partial charge in [0.25, 0.3) is 5.91 Å². The molecule has 1 aromatic carbocycles. The van der Waals surface area contributed by atoms with Gasteiger partial charge in [-0.1, -0.05) is 18.6 Å². The number of fused-ring (bicyclic) bond motifs is 1. The van der Waals surface area contributed by atoms with E-state index in [2.05, 4.69) is 10.2 Å². The van der Waals surface area contributed by atoms with Crippen molar-refractivity contribution in [2.45, 2.75) is 60.3 Å². The van der Waals surface area contributed by atoms with E-state index in [0.29, 0.717) is 33.9 Å². The SMILES string of the molecule is C/C=C(C)/C=C(\C)OCC(=O)c1cn(CCN2C[C@H](OC(C)=O)C(C)C(OC(C)=O)C2=O)c2cc(Oc3cccnn3)ccc12. The molecule has 1 aliphatic heterocycles. The third kappa shape index (κ3) is 8.34. The van der Waals surface area contributed by atoms with E-state index in [1.165, 1.54) is 18.7 Å². The first-order valence-electron chi connectivity index (χ1n) is 14.7. The summed E-state index contributed by atoms with van der Waals surface area (Å²) in [5.74, 6) is -0.825. The van der Waals surface area contributed by atoms with E-state index < -0.39 is 30.1 Å². The molecule has 1 aliphatic rings. The van der Waals surface area contributed by atoms with E-state index in [1.807, 2.05) is 30.6 Å². The van der Waals surface area contributed by atoms with Crippen LogP contribution in [0.4, 0.5) is 0 Å². The lowest BCUT2D eigenvalue weighted by molar-refractivity contribution is -0.179. The number of hydrogen-bond donors (Lipinski definition) is 0. The maximum atomic E-state index is 13.4. The third-order valence-corrected chi connectivity index (χ3v) is 7.48. The Balaban J connectivity index is 1.63. The number of ketones is 1. The number of likely N-dealkylation sites (tertiary alicyclic amines) is 1. The second-order valence-corrected chi connectivity index (χ2v) is 10.9. The highest BCUT2D eigenvalue weighted by atomic mass is 16.6. The first-order valence-corrected chi connectivity index (χ1v) is 14.7. The van der Waals surface area contributed by atoms with Crippen molar-refractivity contribution >= 4 is 34.5 Å². The first kappa shape index (κ1) is 32.9. The molecule has 1 fully saturated rings. The summed E-state index contributed by atoms with van der Waals surface area (Å²) < 4.78 is 24.3. The minimum absolute atomic E-state index is 0.133. The fourth-order valence-electron chi connectivity index (χ4n) is 5.11. The minimum atomic E-state index is -1.09. The Labute approximate surface area is 261 Å². The summed E-state index contributed by atoms with van der Waals surface area (Å²) in [5, 5.41) is 8.49. The maximum Gasteiger partial charge on any atom is 0.303 e. The van der Waals surface area contributed by atoms with Gasteiger partial charge in [-0.2, -0.15) is 5.10 Å². The molecule has 0 saturated carbocycles. The van der Waals surface area contributed by atoms with Crippen LogP contribution in [-0.2, 0) is 35.1 Å². The minimum Gasteiger partial charge on any atom is -0.490 e. The molecular formula is C33H38N4O8. The molecule has 2 unspecified atom stereocenters. The second kappa shape index (κ2) is 14.7. The smallest absolute Gasteiger partial charge is 0.303 e. The Morgan fingerprint density at radius 2 is 1.80 bits per heavy atom. The lowest BCUT2D eigenvalue weighted by Crippen LogP contribution is -2.57. The standard InChI is InChI=1S/C33H38N4O8/c1-7-20(2)15-21(3)42-19-29(40)27-17-36(28-16-25(10-11-26(27)28)45-31-9-8-12-34-35-31)13-14-37-18-30(43-23(5)38)22(4)32(33(37)41)44-24(6)39/h7-12,15-17,22,30,32H,13-14,18-19H2,1-6H3/b20-7+,21-15+/t22?,30-,32?/m0/s1. The highest BCUT2D eigenvalue weighted by Crippen LogP contribution is 2.30. The normalized spacial score (nSPS) is 18.9. The van der Waals surface area contributed by atoms with E-state index in [0.717, 1.165) is 5.57 Å². The molecule has 3 atom stereocenters. The summed E-state index contributed by atoms with van der Waals surface area (Å²) >= 11 is 0. The van der Waals surface area contributed by atoms with Crippen molar-refractivity contribution in [2.24, 2.45) is 5.92 Å². The van der Waals surface area contributed by atoms with Gasteiger partial charge in [-0.3, -0.25) is 19.2 Å². The molecule has 0 bridgehead atoms. The molecule has 0 spiro atoms.